The number of benzene rings is 1. The predicted molar refractivity (Wildman–Crippen MR) is 52.6 cm³/mol. The van der Waals surface area contributed by atoms with Crippen molar-refractivity contribution in [2.45, 2.75) is 6.18 Å². The third kappa shape index (κ3) is 3.06. The van der Waals surface area contributed by atoms with Gasteiger partial charge in [0, 0.05) is 12.5 Å². The van der Waals surface area contributed by atoms with Crippen molar-refractivity contribution < 1.29 is 13.2 Å². The zero-order valence-electron chi connectivity index (χ0n) is 7.38. The highest BCUT2D eigenvalue weighted by Crippen LogP contribution is 2.28. The number of alkyl halides is 3. The van der Waals surface area contributed by atoms with Gasteiger partial charge in [-0.05, 0) is 29.6 Å². The molecule has 0 aliphatic heterocycles. The minimum absolute atomic E-state index is 0.640. The van der Waals surface area contributed by atoms with Crippen molar-refractivity contribution in [1.29, 1.82) is 0 Å². The van der Waals surface area contributed by atoms with Gasteiger partial charge >= 0.3 is 6.18 Å². The van der Waals surface area contributed by atoms with Gasteiger partial charge in [-0.1, -0.05) is 12.1 Å². The van der Waals surface area contributed by atoms with Gasteiger partial charge < -0.3 is 0 Å². The SMILES string of the molecule is CSN=Cc1ccc(C(F)(F)F)cc1. The number of halogens is 3. The maximum Gasteiger partial charge on any atom is 0.416 e. The van der Waals surface area contributed by atoms with E-state index < -0.39 is 11.7 Å². The van der Waals surface area contributed by atoms with Gasteiger partial charge in [-0.3, -0.25) is 0 Å². The van der Waals surface area contributed by atoms with Crippen molar-refractivity contribution in [2.75, 3.05) is 6.26 Å². The molecule has 0 N–H and O–H groups in total. The monoisotopic (exact) mass is 219 g/mol. The predicted octanol–water partition coefficient (Wildman–Crippen LogP) is 3.40. The van der Waals surface area contributed by atoms with E-state index in [9.17, 15) is 13.2 Å². The zero-order valence-corrected chi connectivity index (χ0v) is 8.19. The van der Waals surface area contributed by atoms with Gasteiger partial charge in [0.25, 0.3) is 0 Å². The van der Waals surface area contributed by atoms with Crippen LogP contribution in [0.5, 0.6) is 0 Å². The lowest BCUT2D eigenvalue weighted by atomic mass is 10.1. The van der Waals surface area contributed by atoms with E-state index in [1.807, 2.05) is 0 Å². The van der Waals surface area contributed by atoms with E-state index in [1.54, 1.807) is 6.26 Å². The third-order valence-corrected chi connectivity index (χ3v) is 1.86. The standard InChI is InChI=1S/C9H8F3NS/c1-14-13-6-7-2-4-8(5-3-7)9(10,11)12/h2-6H,1H3. The van der Waals surface area contributed by atoms with Crippen molar-refractivity contribution in [3.8, 4) is 0 Å². The van der Waals surface area contributed by atoms with Crippen LogP contribution in [0, 0.1) is 0 Å². The van der Waals surface area contributed by atoms with Crippen LogP contribution < -0.4 is 0 Å². The lowest BCUT2D eigenvalue weighted by Crippen LogP contribution is -2.04. The van der Waals surface area contributed by atoms with Crippen LogP contribution in [0.3, 0.4) is 0 Å². The quantitative estimate of drug-likeness (QED) is 0.548. The van der Waals surface area contributed by atoms with Crippen LogP contribution in [-0.4, -0.2) is 12.5 Å². The summed E-state index contributed by atoms with van der Waals surface area (Å²) in [7, 11) is 0. The van der Waals surface area contributed by atoms with Crippen molar-refractivity contribution in [1.82, 2.24) is 0 Å². The Morgan fingerprint density at radius 1 is 1.21 bits per heavy atom. The average molecular weight is 219 g/mol. The van der Waals surface area contributed by atoms with E-state index in [0.717, 1.165) is 12.1 Å². The largest absolute Gasteiger partial charge is 0.416 e. The van der Waals surface area contributed by atoms with Crippen molar-refractivity contribution >= 4 is 18.2 Å². The van der Waals surface area contributed by atoms with Gasteiger partial charge in [-0.25, -0.2) is 4.40 Å². The molecular weight excluding hydrogens is 211 g/mol. The number of rotatable bonds is 2. The molecule has 0 bridgehead atoms. The molecule has 5 heteroatoms. The zero-order chi connectivity index (χ0) is 10.6. The molecular formula is C9H8F3NS. The van der Waals surface area contributed by atoms with E-state index in [2.05, 4.69) is 4.40 Å². The molecule has 0 spiro atoms. The van der Waals surface area contributed by atoms with Gasteiger partial charge in [-0.2, -0.15) is 13.2 Å². The molecule has 0 saturated carbocycles. The van der Waals surface area contributed by atoms with Crippen LogP contribution in [0.4, 0.5) is 13.2 Å². The first kappa shape index (κ1) is 11.1. The second kappa shape index (κ2) is 4.50. The maximum atomic E-state index is 12.1. The highest BCUT2D eigenvalue weighted by molar-refractivity contribution is 7.97. The highest BCUT2D eigenvalue weighted by atomic mass is 32.2. The first-order valence-corrected chi connectivity index (χ1v) is 4.96. The summed E-state index contributed by atoms with van der Waals surface area (Å²) in [5.41, 5.74) is 0.0196. The van der Waals surface area contributed by atoms with Gasteiger partial charge in [0.1, 0.15) is 0 Å². The minimum atomic E-state index is -4.27. The smallest absolute Gasteiger partial charge is 0.224 e. The van der Waals surface area contributed by atoms with Crippen molar-refractivity contribution in [3.05, 3.63) is 35.4 Å². The summed E-state index contributed by atoms with van der Waals surface area (Å²) in [6, 6.07) is 4.87. The van der Waals surface area contributed by atoms with Crippen LogP contribution in [0.2, 0.25) is 0 Å². The molecule has 0 amide bonds. The Bertz CT molecular complexity index is 316. The molecule has 0 saturated heterocycles. The Kier molecular flexibility index (Phi) is 3.57. The van der Waals surface area contributed by atoms with Crippen molar-refractivity contribution in [3.63, 3.8) is 0 Å². The molecule has 1 nitrogen and oxygen atoms in total. The fourth-order valence-corrected chi connectivity index (χ4v) is 1.10. The van der Waals surface area contributed by atoms with Gasteiger partial charge in [0.2, 0.25) is 0 Å². The Morgan fingerprint density at radius 2 is 1.79 bits per heavy atom. The molecule has 0 atom stereocenters. The van der Waals surface area contributed by atoms with Crippen molar-refractivity contribution in [2.24, 2.45) is 4.40 Å². The summed E-state index contributed by atoms with van der Waals surface area (Å²) in [5, 5.41) is 0. The lowest BCUT2D eigenvalue weighted by molar-refractivity contribution is -0.137. The third-order valence-electron chi connectivity index (χ3n) is 1.55. The van der Waals surface area contributed by atoms with E-state index in [-0.39, 0.29) is 0 Å². The molecule has 0 heterocycles. The Labute approximate surface area is 84.2 Å². The topological polar surface area (TPSA) is 12.4 Å². The molecule has 0 radical (unpaired) electrons. The second-order valence-electron chi connectivity index (χ2n) is 2.54. The van der Waals surface area contributed by atoms with Gasteiger partial charge in [0.05, 0.1) is 5.56 Å². The fraction of sp³-hybridized carbons (Fsp3) is 0.222. The average Bonchev–Trinajstić information content (AvgIpc) is 2.14. The fourth-order valence-electron chi connectivity index (χ4n) is 0.872. The Morgan fingerprint density at radius 3 is 2.21 bits per heavy atom. The molecule has 0 unspecified atom stereocenters. The van der Waals surface area contributed by atoms with Crippen LogP contribution in [0.1, 0.15) is 11.1 Å². The molecule has 0 aliphatic carbocycles. The molecule has 14 heavy (non-hydrogen) atoms. The number of hydrogen-bond acceptors (Lipinski definition) is 2. The summed E-state index contributed by atoms with van der Waals surface area (Å²) in [6.07, 6.45) is -0.972. The molecule has 0 fully saturated rings. The van der Waals surface area contributed by atoms with Gasteiger partial charge in [-0.15, -0.1) is 0 Å². The molecule has 0 aliphatic rings. The first-order chi connectivity index (χ1) is 6.54. The maximum absolute atomic E-state index is 12.1. The van der Waals surface area contributed by atoms with E-state index >= 15 is 0 Å². The number of nitrogens with zero attached hydrogens (tertiary/aromatic N) is 1. The van der Waals surface area contributed by atoms with Crippen LogP contribution in [-0.2, 0) is 6.18 Å². The van der Waals surface area contributed by atoms with E-state index in [0.29, 0.717) is 5.56 Å². The second-order valence-corrected chi connectivity index (χ2v) is 3.11. The van der Waals surface area contributed by atoms with Crippen LogP contribution in [0.25, 0.3) is 0 Å². The summed E-state index contributed by atoms with van der Waals surface area (Å²) in [6.45, 7) is 0. The molecule has 1 aromatic carbocycles. The Balaban J connectivity index is 2.84. The molecule has 76 valence electrons. The highest BCUT2D eigenvalue weighted by Gasteiger charge is 2.29. The summed E-state index contributed by atoms with van der Waals surface area (Å²) < 4.78 is 40.2. The Hall–Kier alpha value is -0.970. The van der Waals surface area contributed by atoms with E-state index in [1.165, 1.54) is 30.3 Å². The molecule has 1 aromatic rings. The summed E-state index contributed by atoms with van der Waals surface area (Å²) in [4.78, 5) is 0. The minimum Gasteiger partial charge on any atom is -0.224 e. The molecule has 0 aromatic heterocycles. The van der Waals surface area contributed by atoms with Gasteiger partial charge in [0.15, 0.2) is 0 Å². The van der Waals surface area contributed by atoms with Crippen LogP contribution in [0.15, 0.2) is 28.7 Å². The number of hydrogen-bond donors (Lipinski definition) is 0. The molecule has 1 rings (SSSR count). The summed E-state index contributed by atoms with van der Waals surface area (Å²) in [5.74, 6) is 0. The summed E-state index contributed by atoms with van der Waals surface area (Å²) >= 11 is 1.25. The van der Waals surface area contributed by atoms with E-state index in [4.69, 9.17) is 0 Å². The lowest BCUT2D eigenvalue weighted by Gasteiger charge is -2.05. The van der Waals surface area contributed by atoms with Crippen LogP contribution >= 0.6 is 11.9 Å². The normalized spacial score (nSPS) is 12.3. The first-order valence-electron chi connectivity index (χ1n) is 3.78.